The molecule has 0 atom stereocenters. The van der Waals surface area contributed by atoms with Gasteiger partial charge >= 0.3 is 0 Å². The van der Waals surface area contributed by atoms with Gasteiger partial charge in [0.2, 0.25) is 0 Å². The quantitative estimate of drug-likeness (QED) is 0.635. The number of nitro benzene ring substituents is 1. The van der Waals surface area contributed by atoms with Crippen molar-refractivity contribution in [1.82, 2.24) is 9.55 Å². The smallest absolute Gasteiger partial charge is 0.288 e. The second-order valence-electron chi connectivity index (χ2n) is 3.84. The molecule has 20 heavy (non-hydrogen) atoms. The summed E-state index contributed by atoms with van der Waals surface area (Å²) in [5, 5.41) is 28.6. The molecule has 0 amide bonds. The van der Waals surface area contributed by atoms with Crippen LogP contribution in [0.3, 0.4) is 0 Å². The van der Waals surface area contributed by atoms with Crippen molar-refractivity contribution in [2.24, 2.45) is 0 Å². The van der Waals surface area contributed by atoms with Crippen LogP contribution in [0.5, 0.6) is 0 Å². The number of halogens is 1. The third-order valence-corrected chi connectivity index (χ3v) is 2.93. The molecule has 1 aromatic carbocycles. The number of hydrogen-bond donors (Lipinski definition) is 0. The standard InChI is InChI=1S/C12H6ClN5O2/c13-9-2-1-8(3-11(9)18(19)20)6-17-7-16-10(4-14)12(17)5-15/h1-3,7H,6H2. The summed E-state index contributed by atoms with van der Waals surface area (Å²) in [4.78, 5) is 14.0. The summed E-state index contributed by atoms with van der Waals surface area (Å²) in [5.41, 5.74) is 0.517. The number of nitrogens with zero attached hydrogens (tertiary/aromatic N) is 5. The Morgan fingerprint density at radius 1 is 1.40 bits per heavy atom. The van der Waals surface area contributed by atoms with E-state index in [1.807, 2.05) is 12.1 Å². The fourth-order valence-electron chi connectivity index (χ4n) is 1.69. The molecule has 0 bridgehead atoms. The minimum absolute atomic E-state index is 0.0240. The molecule has 2 rings (SSSR count). The van der Waals surface area contributed by atoms with E-state index in [2.05, 4.69) is 4.98 Å². The number of rotatable bonds is 3. The molecular formula is C12H6ClN5O2. The van der Waals surface area contributed by atoms with Crippen LogP contribution in [0.15, 0.2) is 24.5 Å². The molecule has 0 N–H and O–H groups in total. The first-order valence-corrected chi connectivity index (χ1v) is 5.72. The van der Waals surface area contributed by atoms with Crippen molar-refractivity contribution in [2.75, 3.05) is 0 Å². The maximum Gasteiger partial charge on any atom is 0.288 e. The lowest BCUT2D eigenvalue weighted by Gasteiger charge is -2.04. The fourth-order valence-corrected chi connectivity index (χ4v) is 1.88. The van der Waals surface area contributed by atoms with Crippen LogP contribution >= 0.6 is 11.6 Å². The van der Waals surface area contributed by atoms with Crippen LogP contribution in [-0.4, -0.2) is 14.5 Å². The molecule has 0 aliphatic heterocycles. The number of aromatic nitrogens is 2. The number of imidazole rings is 1. The predicted octanol–water partition coefficient (Wildman–Crippen LogP) is 2.24. The minimum atomic E-state index is -0.578. The molecule has 0 saturated heterocycles. The lowest BCUT2D eigenvalue weighted by Crippen LogP contribution is -2.02. The maximum absolute atomic E-state index is 10.8. The van der Waals surface area contributed by atoms with Gasteiger partial charge in [-0.3, -0.25) is 10.1 Å². The SMILES string of the molecule is N#Cc1ncn(Cc2ccc(Cl)c([N+](=O)[O-])c2)c1C#N. The Bertz CT molecular complexity index is 769. The van der Waals surface area contributed by atoms with Gasteiger partial charge in [0.05, 0.1) is 17.8 Å². The minimum Gasteiger partial charge on any atom is -0.317 e. The molecule has 0 saturated carbocycles. The zero-order valence-corrected chi connectivity index (χ0v) is 10.7. The average molecular weight is 288 g/mol. The van der Waals surface area contributed by atoms with E-state index in [4.69, 9.17) is 22.1 Å². The normalized spacial score (nSPS) is 9.75. The molecule has 0 aliphatic carbocycles. The van der Waals surface area contributed by atoms with E-state index in [9.17, 15) is 10.1 Å². The summed E-state index contributed by atoms with van der Waals surface area (Å²) < 4.78 is 1.45. The summed E-state index contributed by atoms with van der Waals surface area (Å²) in [6.07, 6.45) is 1.34. The van der Waals surface area contributed by atoms with Gasteiger partial charge < -0.3 is 4.57 Å². The van der Waals surface area contributed by atoms with Crippen molar-refractivity contribution in [2.45, 2.75) is 6.54 Å². The Morgan fingerprint density at radius 3 is 2.75 bits per heavy atom. The second kappa shape index (κ2) is 5.39. The van der Waals surface area contributed by atoms with E-state index in [0.29, 0.717) is 5.56 Å². The molecule has 0 aliphatic rings. The zero-order chi connectivity index (χ0) is 14.7. The highest BCUT2D eigenvalue weighted by Crippen LogP contribution is 2.25. The van der Waals surface area contributed by atoms with Gasteiger partial charge in [-0.2, -0.15) is 10.5 Å². The molecule has 0 fully saturated rings. The third kappa shape index (κ3) is 2.44. The first-order valence-electron chi connectivity index (χ1n) is 5.35. The van der Waals surface area contributed by atoms with Gasteiger partial charge in [-0.1, -0.05) is 17.7 Å². The predicted molar refractivity (Wildman–Crippen MR) is 68.9 cm³/mol. The zero-order valence-electron chi connectivity index (χ0n) is 9.95. The molecule has 7 nitrogen and oxygen atoms in total. The second-order valence-corrected chi connectivity index (χ2v) is 4.24. The van der Waals surface area contributed by atoms with E-state index in [0.717, 1.165) is 0 Å². The van der Waals surface area contributed by atoms with E-state index in [1.165, 1.54) is 23.0 Å². The maximum atomic E-state index is 10.8. The van der Waals surface area contributed by atoms with Crippen LogP contribution in [0.25, 0.3) is 0 Å². The van der Waals surface area contributed by atoms with Crippen LogP contribution in [0.4, 0.5) is 5.69 Å². The van der Waals surface area contributed by atoms with E-state index in [1.54, 1.807) is 6.07 Å². The lowest BCUT2D eigenvalue weighted by molar-refractivity contribution is -0.384. The Labute approximate surface area is 118 Å². The van der Waals surface area contributed by atoms with Gasteiger partial charge in [0.1, 0.15) is 17.2 Å². The molecule has 1 aromatic heterocycles. The monoisotopic (exact) mass is 287 g/mol. The van der Waals surface area contributed by atoms with Gasteiger partial charge in [0, 0.05) is 6.07 Å². The van der Waals surface area contributed by atoms with Crippen molar-refractivity contribution in [3.63, 3.8) is 0 Å². The van der Waals surface area contributed by atoms with Gasteiger partial charge in [0.25, 0.3) is 5.69 Å². The van der Waals surface area contributed by atoms with Crippen LogP contribution in [0.2, 0.25) is 5.02 Å². The van der Waals surface area contributed by atoms with Crippen LogP contribution in [0.1, 0.15) is 17.0 Å². The van der Waals surface area contributed by atoms with Crippen molar-refractivity contribution < 1.29 is 4.92 Å². The Morgan fingerprint density at radius 2 is 2.15 bits per heavy atom. The number of nitriles is 2. The van der Waals surface area contributed by atoms with Crippen molar-refractivity contribution in [3.05, 3.63) is 56.6 Å². The fraction of sp³-hybridized carbons (Fsp3) is 0.0833. The average Bonchev–Trinajstić information content (AvgIpc) is 2.82. The summed E-state index contributed by atoms with van der Waals surface area (Å²) >= 11 is 5.72. The summed E-state index contributed by atoms with van der Waals surface area (Å²) in [6.45, 7) is 0.190. The van der Waals surface area contributed by atoms with E-state index in [-0.39, 0.29) is 28.6 Å². The van der Waals surface area contributed by atoms with E-state index >= 15 is 0 Å². The number of hydrogen-bond acceptors (Lipinski definition) is 5. The Balaban J connectivity index is 2.39. The molecule has 2 aromatic rings. The first-order chi connectivity index (χ1) is 9.56. The molecule has 1 heterocycles. The van der Waals surface area contributed by atoms with Gasteiger partial charge in [-0.15, -0.1) is 0 Å². The summed E-state index contributed by atoms with van der Waals surface area (Å²) in [5.74, 6) is 0. The third-order valence-electron chi connectivity index (χ3n) is 2.61. The van der Waals surface area contributed by atoms with Gasteiger partial charge in [-0.25, -0.2) is 4.98 Å². The van der Waals surface area contributed by atoms with Crippen LogP contribution in [0, 0.1) is 32.8 Å². The van der Waals surface area contributed by atoms with Gasteiger partial charge in [0.15, 0.2) is 11.4 Å². The van der Waals surface area contributed by atoms with E-state index < -0.39 is 4.92 Å². The highest BCUT2D eigenvalue weighted by molar-refractivity contribution is 6.32. The number of nitro groups is 1. The van der Waals surface area contributed by atoms with Crippen LogP contribution in [-0.2, 0) is 6.54 Å². The highest BCUT2D eigenvalue weighted by atomic mass is 35.5. The lowest BCUT2D eigenvalue weighted by atomic mass is 10.2. The van der Waals surface area contributed by atoms with Crippen molar-refractivity contribution >= 4 is 17.3 Å². The Hall–Kier alpha value is -2.90. The summed E-state index contributed by atoms with van der Waals surface area (Å²) in [7, 11) is 0. The molecular weight excluding hydrogens is 282 g/mol. The molecule has 0 radical (unpaired) electrons. The molecule has 0 spiro atoms. The molecule has 0 unspecified atom stereocenters. The van der Waals surface area contributed by atoms with Crippen molar-refractivity contribution in [1.29, 1.82) is 10.5 Å². The molecule has 98 valence electrons. The van der Waals surface area contributed by atoms with Crippen molar-refractivity contribution in [3.8, 4) is 12.1 Å². The Kier molecular flexibility index (Phi) is 3.65. The topological polar surface area (TPSA) is 109 Å². The molecule has 8 heteroatoms. The largest absolute Gasteiger partial charge is 0.317 e. The van der Waals surface area contributed by atoms with Gasteiger partial charge in [-0.05, 0) is 11.6 Å². The first kappa shape index (κ1) is 13.5. The van der Waals surface area contributed by atoms with Crippen LogP contribution < -0.4 is 0 Å². The highest BCUT2D eigenvalue weighted by Gasteiger charge is 2.15. The summed E-state index contributed by atoms with van der Waals surface area (Å²) in [6, 6.07) is 8.05. The number of benzene rings is 1.